The van der Waals surface area contributed by atoms with Gasteiger partial charge < -0.3 is 14.6 Å². The molecule has 0 saturated carbocycles. The quantitative estimate of drug-likeness (QED) is 0.235. The van der Waals surface area contributed by atoms with Crippen LogP contribution >= 0.6 is 11.8 Å². The Hall–Kier alpha value is -4.56. The number of fused-ring (bicyclic) bond motifs is 1. The van der Waals surface area contributed by atoms with E-state index in [-0.39, 0.29) is 29.9 Å². The number of aromatic carboxylic acids is 1. The summed E-state index contributed by atoms with van der Waals surface area (Å²) in [6.07, 6.45) is 1.69. The Morgan fingerprint density at radius 2 is 1.69 bits per heavy atom. The summed E-state index contributed by atoms with van der Waals surface area (Å²) in [6.45, 7) is 2.70. The highest BCUT2D eigenvalue weighted by molar-refractivity contribution is 8.18. The summed E-state index contributed by atoms with van der Waals surface area (Å²) in [4.78, 5) is 38.6. The zero-order chi connectivity index (χ0) is 27.4. The molecule has 0 aliphatic carbocycles. The van der Waals surface area contributed by atoms with Crippen molar-refractivity contribution in [2.24, 2.45) is 0 Å². The van der Waals surface area contributed by atoms with E-state index in [0.717, 1.165) is 33.7 Å². The normalized spacial score (nSPS) is 14.3. The first-order chi connectivity index (χ1) is 18.9. The van der Waals surface area contributed by atoms with Crippen LogP contribution in [0.5, 0.6) is 11.5 Å². The van der Waals surface area contributed by atoms with E-state index >= 15 is 0 Å². The van der Waals surface area contributed by atoms with Crippen molar-refractivity contribution < 1.29 is 29.0 Å². The maximum absolute atomic E-state index is 13.2. The third kappa shape index (κ3) is 5.81. The van der Waals surface area contributed by atoms with Crippen LogP contribution in [0.15, 0.2) is 89.8 Å². The lowest BCUT2D eigenvalue weighted by atomic mass is 10.0. The van der Waals surface area contributed by atoms with E-state index < -0.39 is 5.97 Å². The predicted octanol–water partition coefficient (Wildman–Crippen LogP) is 6.75. The summed E-state index contributed by atoms with van der Waals surface area (Å²) in [5.41, 5.74) is 2.63. The number of thioether (sulfide) groups is 1. The molecular formula is C31H25NO6S. The fraction of sp³-hybridized carbons (Fsp3) is 0.129. The van der Waals surface area contributed by atoms with Crippen LogP contribution in [0.4, 0.5) is 4.79 Å². The molecule has 39 heavy (non-hydrogen) atoms. The van der Waals surface area contributed by atoms with Gasteiger partial charge in [-0.3, -0.25) is 14.5 Å². The van der Waals surface area contributed by atoms with E-state index in [0.29, 0.717) is 28.6 Å². The molecule has 5 rings (SSSR count). The lowest BCUT2D eigenvalue weighted by molar-refractivity contribution is -0.123. The van der Waals surface area contributed by atoms with Crippen LogP contribution < -0.4 is 9.47 Å². The number of carboxylic acids is 1. The van der Waals surface area contributed by atoms with Crippen molar-refractivity contribution in [3.05, 3.63) is 112 Å². The molecule has 1 fully saturated rings. The molecule has 0 atom stereocenters. The van der Waals surface area contributed by atoms with E-state index in [2.05, 4.69) is 0 Å². The first-order valence-electron chi connectivity index (χ1n) is 12.4. The van der Waals surface area contributed by atoms with Crippen LogP contribution in [0.1, 0.15) is 34.0 Å². The third-order valence-electron chi connectivity index (χ3n) is 6.24. The largest absolute Gasteiger partial charge is 0.490 e. The molecule has 0 unspecified atom stereocenters. The van der Waals surface area contributed by atoms with Gasteiger partial charge in [-0.2, -0.15) is 0 Å². The number of carbonyl (C=O) groups excluding carboxylic acids is 2. The first kappa shape index (κ1) is 26.1. The summed E-state index contributed by atoms with van der Waals surface area (Å²) in [6, 6.07) is 25.5. The standard InChI is InChI=1S/C31H25NO6S/c1-2-37-27-16-21(12-15-26(27)38-19-20-10-13-23(14-11-20)30(34)35)17-28-29(33)32(31(36)39-28)18-24-8-5-7-22-6-3-4-9-25(22)24/h3-17H,2,18-19H2,1H3,(H,34,35)/b28-17+. The van der Waals surface area contributed by atoms with Crippen molar-refractivity contribution in [3.8, 4) is 11.5 Å². The average molecular weight is 540 g/mol. The molecule has 1 aliphatic rings. The van der Waals surface area contributed by atoms with E-state index in [1.807, 2.05) is 49.4 Å². The van der Waals surface area contributed by atoms with Gasteiger partial charge in [-0.05, 0) is 76.5 Å². The highest BCUT2D eigenvalue weighted by Crippen LogP contribution is 2.36. The lowest BCUT2D eigenvalue weighted by Gasteiger charge is -2.14. The number of hydrogen-bond donors (Lipinski definition) is 1. The molecule has 0 radical (unpaired) electrons. The Labute approximate surface area is 229 Å². The van der Waals surface area contributed by atoms with E-state index in [1.165, 1.54) is 17.0 Å². The van der Waals surface area contributed by atoms with Crippen molar-refractivity contribution in [3.63, 3.8) is 0 Å². The minimum Gasteiger partial charge on any atom is -0.490 e. The fourth-order valence-corrected chi connectivity index (χ4v) is 5.13. The molecule has 1 N–H and O–H groups in total. The Bertz CT molecular complexity index is 1590. The molecule has 1 aliphatic heterocycles. The maximum Gasteiger partial charge on any atom is 0.335 e. The van der Waals surface area contributed by atoms with Crippen LogP contribution in [0.2, 0.25) is 0 Å². The van der Waals surface area contributed by atoms with Crippen LogP contribution in [0.3, 0.4) is 0 Å². The van der Waals surface area contributed by atoms with Crippen molar-refractivity contribution in [1.29, 1.82) is 0 Å². The van der Waals surface area contributed by atoms with Crippen molar-refractivity contribution in [2.75, 3.05) is 6.61 Å². The SMILES string of the molecule is CCOc1cc(/C=C2/SC(=O)N(Cc3cccc4ccccc34)C2=O)ccc1OCc1ccc(C(=O)O)cc1. The van der Waals surface area contributed by atoms with Gasteiger partial charge in [0, 0.05) is 0 Å². The number of amides is 2. The second-order valence-electron chi connectivity index (χ2n) is 8.84. The van der Waals surface area contributed by atoms with Crippen LogP contribution in [0, 0.1) is 0 Å². The Balaban J connectivity index is 1.32. The van der Waals surface area contributed by atoms with Gasteiger partial charge in [0.2, 0.25) is 0 Å². The zero-order valence-electron chi connectivity index (χ0n) is 21.1. The smallest absolute Gasteiger partial charge is 0.335 e. The van der Waals surface area contributed by atoms with Gasteiger partial charge in [-0.25, -0.2) is 4.79 Å². The minimum atomic E-state index is -0.983. The highest BCUT2D eigenvalue weighted by atomic mass is 32.2. The molecule has 7 nitrogen and oxygen atoms in total. The molecular weight excluding hydrogens is 514 g/mol. The number of carboxylic acid groups (broad SMARTS) is 1. The molecule has 0 bridgehead atoms. The second kappa shape index (κ2) is 11.4. The molecule has 1 saturated heterocycles. The number of carbonyl (C=O) groups is 3. The number of ether oxygens (including phenoxy) is 2. The van der Waals surface area contributed by atoms with Crippen LogP contribution in [-0.2, 0) is 17.9 Å². The predicted molar refractivity (Wildman–Crippen MR) is 151 cm³/mol. The molecule has 2 amide bonds. The molecule has 196 valence electrons. The number of imide groups is 1. The summed E-state index contributed by atoms with van der Waals surface area (Å²) < 4.78 is 11.7. The van der Waals surface area contributed by atoms with Gasteiger partial charge in [0.25, 0.3) is 11.1 Å². The molecule has 1 heterocycles. The van der Waals surface area contributed by atoms with Crippen molar-refractivity contribution >= 4 is 45.7 Å². The van der Waals surface area contributed by atoms with Gasteiger partial charge in [0.05, 0.1) is 23.6 Å². The Kier molecular flexibility index (Phi) is 7.65. The topological polar surface area (TPSA) is 93.1 Å². The molecule has 0 aromatic heterocycles. The second-order valence-corrected chi connectivity index (χ2v) is 9.83. The van der Waals surface area contributed by atoms with Gasteiger partial charge in [0.15, 0.2) is 11.5 Å². The number of hydrogen-bond acceptors (Lipinski definition) is 6. The number of nitrogens with zero attached hydrogens (tertiary/aromatic N) is 1. The third-order valence-corrected chi connectivity index (χ3v) is 7.15. The maximum atomic E-state index is 13.2. The van der Waals surface area contributed by atoms with Crippen molar-refractivity contribution in [2.45, 2.75) is 20.1 Å². The monoisotopic (exact) mass is 539 g/mol. The summed E-state index contributed by atoms with van der Waals surface area (Å²) >= 11 is 0.920. The molecule has 0 spiro atoms. The van der Waals surface area contributed by atoms with E-state index in [1.54, 1.807) is 36.4 Å². The first-order valence-corrected chi connectivity index (χ1v) is 13.2. The Morgan fingerprint density at radius 3 is 2.46 bits per heavy atom. The lowest BCUT2D eigenvalue weighted by Crippen LogP contribution is -2.27. The Morgan fingerprint density at radius 1 is 0.923 bits per heavy atom. The molecule has 4 aromatic carbocycles. The summed E-state index contributed by atoms with van der Waals surface area (Å²) in [7, 11) is 0. The van der Waals surface area contributed by atoms with Gasteiger partial charge in [-0.1, -0.05) is 60.7 Å². The van der Waals surface area contributed by atoms with Gasteiger partial charge in [0.1, 0.15) is 6.61 Å². The zero-order valence-corrected chi connectivity index (χ0v) is 21.9. The van der Waals surface area contributed by atoms with E-state index in [4.69, 9.17) is 14.6 Å². The van der Waals surface area contributed by atoms with E-state index in [9.17, 15) is 14.4 Å². The number of benzene rings is 4. The minimum absolute atomic E-state index is 0.202. The van der Waals surface area contributed by atoms with Gasteiger partial charge >= 0.3 is 5.97 Å². The summed E-state index contributed by atoms with van der Waals surface area (Å²) in [5, 5.41) is 10.8. The molecule has 8 heteroatoms. The fourth-order valence-electron chi connectivity index (χ4n) is 4.29. The van der Waals surface area contributed by atoms with Gasteiger partial charge in [-0.15, -0.1) is 0 Å². The van der Waals surface area contributed by atoms with Crippen LogP contribution in [-0.4, -0.2) is 33.7 Å². The van der Waals surface area contributed by atoms with Crippen LogP contribution in [0.25, 0.3) is 16.8 Å². The molecule has 4 aromatic rings. The van der Waals surface area contributed by atoms with Crippen molar-refractivity contribution in [1.82, 2.24) is 4.90 Å². The summed E-state index contributed by atoms with van der Waals surface area (Å²) in [5.74, 6) is -0.298. The average Bonchev–Trinajstić information content (AvgIpc) is 3.20. The highest BCUT2D eigenvalue weighted by Gasteiger charge is 2.35. The number of rotatable bonds is 9.